The Bertz CT molecular complexity index is 1100. The number of ether oxygens (including phenoxy) is 1. The number of benzene rings is 2. The minimum Gasteiger partial charge on any atom is -0.494 e. The van der Waals surface area contributed by atoms with E-state index in [1.54, 1.807) is 42.5 Å². The van der Waals surface area contributed by atoms with E-state index in [0.29, 0.717) is 43.3 Å². The van der Waals surface area contributed by atoms with Crippen molar-refractivity contribution in [3.63, 3.8) is 0 Å². The summed E-state index contributed by atoms with van der Waals surface area (Å²) < 4.78 is 32.8. The number of nitrogens with one attached hydrogen (secondary N) is 3. The van der Waals surface area contributed by atoms with Crippen LogP contribution in [0.3, 0.4) is 0 Å². The Morgan fingerprint density at radius 3 is 2.50 bits per heavy atom. The van der Waals surface area contributed by atoms with Gasteiger partial charge in [-0.3, -0.25) is 19.9 Å². The maximum Gasteiger partial charge on any atom is 0.322 e. The standard InChI is InChI=1S/C23H28N4O6S/c28-21(26-23-24-13-5-14-25-23)8-4-15-33-18-11-9-17(10-12-18)16-20(22(29)30)27-34(31,32)19-6-2-1-3-7-19/h1-3,6-7,9-12,20,27H,4-5,8,13-16H2,(H,29,30)(H2,24,25,26,28). The lowest BCUT2D eigenvalue weighted by Gasteiger charge is -2.15. The Balaban J connectivity index is 1.46. The fourth-order valence-corrected chi connectivity index (χ4v) is 4.44. The fourth-order valence-electron chi connectivity index (χ4n) is 3.23. The molecule has 0 radical (unpaired) electrons. The summed E-state index contributed by atoms with van der Waals surface area (Å²) in [7, 11) is -3.96. The molecule has 1 heterocycles. The number of nitrogens with zero attached hydrogens (tertiary/aromatic N) is 1. The van der Waals surface area contributed by atoms with Gasteiger partial charge in [0, 0.05) is 19.5 Å². The number of carbonyl (C=O) groups is 2. The molecule has 2 aromatic carbocycles. The smallest absolute Gasteiger partial charge is 0.322 e. The molecule has 2 aromatic rings. The molecule has 1 aliphatic rings. The zero-order valence-electron chi connectivity index (χ0n) is 18.6. The normalized spacial score (nSPS) is 14.4. The molecule has 1 atom stereocenters. The number of carboxylic acids is 1. The highest BCUT2D eigenvalue weighted by molar-refractivity contribution is 7.89. The molecule has 1 amide bonds. The lowest BCUT2D eigenvalue weighted by atomic mass is 10.1. The van der Waals surface area contributed by atoms with Gasteiger partial charge in [-0.25, -0.2) is 8.42 Å². The number of carboxylic acid groups (broad SMARTS) is 1. The van der Waals surface area contributed by atoms with Crippen LogP contribution in [-0.4, -0.2) is 57.1 Å². The van der Waals surface area contributed by atoms with Crippen molar-refractivity contribution in [2.45, 2.75) is 36.6 Å². The highest BCUT2D eigenvalue weighted by Gasteiger charge is 2.25. The maximum atomic E-state index is 12.5. The molecule has 11 heteroatoms. The number of guanidine groups is 1. The van der Waals surface area contributed by atoms with E-state index in [-0.39, 0.29) is 17.2 Å². The fraction of sp³-hybridized carbons (Fsp3) is 0.348. The van der Waals surface area contributed by atoms with Gasteiger partial charge >= 0.3 is 5.97 Å². The van der Waals surface area contributed by atoms with Crippen molar-refractivity contribution in [1.82, 2.24) is 15.4 Å². The van der Waals surface area contributed by atoms with Crippen molar-refractivity contribution in [1.29, 1.82) is 0 Å². The molecule has 1 unspecified atom stereocenters. The van der Waals surface area contributed by atoms with Crippen LogP contribution in [0.5, 0.6) is 5.75 Å². The third kappa shape index (κ3) is 7.85. The van der Waals surface area contributed by atoms with E-state index in [9.17, 15) is 23.1 Å². The Hall–Kier alpha value is -3.44. The molecule has 0 spiro atoms. The molecule has 0 saturated heterocycles. The highest BCUT2D eigenvalue weighted by atomic mass is 32.2. The maximum absolute atomic E-state index is 12.5. The Labute approximate surface area is 198 Å². The summed E-state index contributed by atoms with van der Waals surface area (Å²) >= 11 is 0. The number of hydrogen-bond donors (Lipinski definition) is 4. The largest absolute Gasteiger partial charge is 0.494 e. The molecule has 34 heavy (non-hydrogen) atoms. The average Bonchev–Trinajstić information content (AvgIpc) is 2.83. The number of carbonyl (C=O) groups excluding carboxylic acids is 1. The summed E-state index contributed by atoms with van der Waals surface area (Å²) in [5.74, 6) is -0.324. The van der Waals surface area contributed by atoms with Gasteiger partial charge in [0.05, 0.1) is 11.5 Å². The van der Waals surface area contributed by atoms with Gasteiger partial charge < -0.3 is 15.2 Å². The van der Waals surface area contributed by atoms with Gasteiger partial charge in [0.25, 0.3) is 0 Å². The predicted molar refractivity (Wildman–Crippen MR) is 126 cm³/mol. The van der Waals surface area contributed by atoms with Gasteiger partial charge in [-0.15, -0.1) is 0 Å². The summed E-state index contributed by atoms with van der Waals surface area (Å²) in [5, 5.41) is 15.2. The summed E-state index contributed by atoms with van der Waals surface area (Å²) in [6.45, 7) is 1.83. The van der Waals surface area contributed by atoms with Crippen LogP contribution in [0.4, 0.5) is 0 Å². The van der Waals surface area contributed by atoms with Crippen LogP contribution >= 0.6 is 0 Å². The van der Waals surface area contributed by atoms with Crippen molar-refractivity contribution >= 4 is 27.9 Å². The average molecular weight is 489 g/mol. The predicted octanol–water partition coefficient (Wildman–Crippen LogP) is 1.29. The second-order valence-electron chi connectivity index (χ2n) is 7.68. The quantitative estimate of drug-likeness (QED) is 0.349. The lowest BCUT2D eigenvalue weighted by Crippen LogP contribution is -2.43. The third-order valence-electron chi connectivity index (χ3n) is 4.98. The van der Waals surface area contributed by atoms with E-state index in [1.165, 1.54) is 12.1 Å². The molecular formula is C23H28N4O6S. The minimum absolute atomic E-state index is 0.00155. The molecule has 1 aliphatic heterocycles. The van der Waals surface area contributed by atoms with E-state index >= 15 is 0 Å². The molecule has 3 rings (SSSR count). The molecule has 0 bridgehead atoms. The molecule has 182 valence electrons. The van der Waals surface area contributed by atoms with Crippen LogP contribution in [0.15, 0.2) is 64.5 Å². The zero-order chi connectivity index (χ0) is 24.4. The van der Waals surface area contributed by atoms with Gasteiger partial charge in [0.2, 0.25) is 15.9 Å². The Morgan fingerprint density at radius 1 is 1.12 bits per heavy atom. The monoisotopic (exact) mass is 488 g/mol. The Morgan fingerprint density at radius 2 is 1.85 bits per heavy atom. The first-order valence-electron chi connectivity index (χ1n) is 10.9. The molecule has 0 saturated carbocycles. The summed E-state index contributed by atoms with van der Waals surface area (Å²) in [6, 6.07) is 13.0. The number of hydrogen-bond acceptors (Lipinski definition) is 7. The SMILES string of the molecule is O=C(CCCOc1ccc(CC(NS(=O)(=O)c2ccccc2)C(=O)O)cc1)NC1=NCCCN1. The van der Waals surface area contributed by atoms with Crippen LogP contribution in [0, 0.1) is 0 Å². The van der Waals surface area contributed by atoms with Crippen molar-refractivity contribution in [2.75, 3.05) is 19.7 Å². The first kappa shape index (κ1) is 25.2. The van der Waals surface area contributed by atoms with Crippen molar-refractivity contribution in [2.24, 2.45) is 4.99 Å². The summed E-state index contributed by atoms with van der Waals surface area (Å²) in [6.07, 6.45) is 1.73. The molecule has 0 aliphatic carbocycles. The first-order chi connectivity index (χ1) is 16.3. The zero-order valence-corrected chi connectivity index (χ0v) is 19.4. The number of aliphatic imine (C=N–C) groups is 1. The van der Waals surface area contributed by atoms with Gasteiger partial charge in [-0.1, -0.05) is 30.3 Å². The van der Waals surface area contributed by atoms with Crippen molar-refractivity contribution in [3.8, 4) is 5.75 Å². The highest BCUT2D eigenvalue weighted by Crippen LogP contribution is 2.15. The van der Waals surface area contributed by atoms with Crippen LogP contribution in [-0.2, 0) is 26.0 Å². The van der Waals surface area contributed by atoms with E-state index in [1.807, 2.05) is 0 Å². The van der Waals surface area contributed by atoms with Crippen LogP contribution in [0.1, 0.15) is 24.8 Å². The van der Waals surface area contributed by atoms with Gasteiger partial charge in [0.15, 0.2) is 5.96 Å². The molecule has 0 aromatic heterocycles. The van der Waals surface area contributed by atoms with Crippen molar-refractivity contribution in [3.05, 3.63) is 60.2 Å². The number of aliphatic carboxylic acids is 1. The third-order valence-corrected chi connectivity index (χ3v) is 6.47. The molecule has 10 nitrogen and oxygen atoms in total. The van der Waals surface area contributed by atoms with Crippen molar-refractivity contribution < 1.29 is 27.9 Å². The van der Waals surface area contributed by atoms with Gasteiger partial charge in [-0.2, -0.15) is 4.72 Å². The van der Waals surface area contributed by atoms with Gasteiger partial charge in [0.1, 0.15) is 11.8 Å². The van der Waals surface area contributed by atoms with E-state index in [4.69, 9.17) is 4.74 Å². The summed E-state index contributed by atoms with van der Waals surface area (Å²) in [4.78, 5) is 27.8. The minimum atomic E-state index is -3.96. The molecule has 4 N–H and O–H groups in total. The summed E-state index contributed by atoms with van der Waals surface area (Å²) in [5.41, 5.74) is 0.635. The van der Waals surface area contributed by atoms with Crippen LogP contribution < -0.4 is 20.1 Å². The second-order valence-corrected chi connectivity index (χ2v) is 9.40. The van der Waals surface area contributed by atoms with E-state index < -0.39 is 22.0 Å². The lowest BCUT2D eigenvalue weighted by molar-refractivity contribution is -0.138. The van der Waals surface area contributed by atoms with E-state index in [0.717, 1.165) is 13.0 Å². The van der Waals surface area contributed by atoms with Crippen LogP contribution in [0.2, 0.25) is 0 Å². The second kappa shape index (κ2) is 12.1. The number of amides is 1. The van der Waals surface area contributed by atoms with Crippen LogP contribution in [0.25, 0.3) is 0 Å². The number of rotatable bonds is 11. The van der Waals surface area contributed by atoms with E-state index in [2.05, 4.69) is 20.3 Å². The molecule has 0 fully saturated rings. The first-order valence-corrected chi connectivity index (χ1v) is 12.4. The number of sulfonamides is 1. The van der Waals surface area contributed by atoms with Gasteiger partial charge in [-0.05, 0) is 49.1 Å². The molecular weight excluding hydrogens is 460 g/mol. The topological polar surface area (TPSA) is 146 Å². The Kier molecular flexibility index (Phi) is 9.00.